The second kappa shape index (κ2) is 6.12. The number of thiazole rings is 1. The Bertz CT molecular complexity index is 388. The zero-order chi connectivity index (χ0) is 13.0. The molecule has 0 saturated carbocycles. The first-order chi connectivity index (χ1) is 7.93. The lowest BCUT2D eigenvalue weighted by atomic mass is 10.0. The summed E-state index contributed by atoms with van der Waals surface area (Å²) in [5.41, 5.74) is 0.756. The van der Waals surface area contributed by atoms with E-state index in [1.807, 2.05) is 13.8 Å². The van der Waals surface area contributed by atoms with Crippen LogP contribution >= 0.6 is 11.3 Å². The van der Waals surface area contributed by atoms with Crippen LogP contribution in [0.4, 0.5) is 0 Å². The molecule has 0 bridgehead atoms. The fraction of sp³-hybridized carbons (Fsp3) is 0.667. The number of hydrogen-bond acceptors (Lipinski definition) is 4. The number of nitrogens with one attached hydrogen (secondary N) is 1. The molecule has 1 unspecified atom stereocenters. The van der Waals surface area contributed by atoms with Gasteiger partial charge in [-0.05, 0) is 26.2 Å². The maximum Gasteiger partial charge on any atom is 0.263 e. The van der Waals surface area contributed by atoms with E-state index in [1.165, 1.54) is 11.3 Å². The van der Waals surface area contributed by atoms with Gasteiger partial charge in [-0.25, -0.2) is 4.98 Å². The smallest absolute Gasteiger partial charge is 0.263 e. The number of aryl methyl sites for hydroxylation is 2. The van der Waals surface area contributed by atoms with E-state index in [1.54, 1.807) is 0 Å². The number of amides is 1. The lowest BCUT2D eigenvalue weighted by Crippen LogP contribution is -2.38. The van der Waals surface area contributed by atoms with E-state index in [0.717, 1.165) is 17.1 Å². The van der Waals surface area contributed by atoms with Crippen LogP contribution in [0.2, 0.25) is 0 Å². The number of aliphatic hydroxyl groups excluding tert-OH is 1. The van der Waals surface area contributed by atoms with Crippen molar-refractivity contribution >= 4 is 17.2 Å². The molecule has 1 amide bonds. The Morgan fingerprint density at radius 3 is 2.53 bits per heavy atom. The second-order valence-corrected chi connectivity index (χ2v) is 5.83. The Morgan fingerprint density at radius 1 is 1.47 bits per heavy atom. The van der Waals surface area contributed by atoms with Crippen LogP contribution in [0.15, 0.2) is 0 Å². The minimum atomic E-state index is -0.177. The summed E-state index contributed by atoms with van der Waals surface area (Å²) >= 11 is 1.39. The topological polar surface area (TPSA) is 62.2 Å². The highest BCUT2D eigenvalue weighted by molar-refractivity contribution is 7.13. The van der Waals surface area contributed by atoms with Crippen molar-refractivity contribution in [1.82, 2.24) is 10.3 Å². The van der Waals surface area contributed by atoms with Crippen molar-refractivity contribution < 1.29 is 9.90 Å². The third-order valence-corrected chi connectivity index (χ3v) is 3.49. The lowest BCUT2D eigenvalue weighted by Gasteiger charge is -2.17. The van der Waals surface area contributed by atoms with Gasteiger partial charge in [-0.2, -0.15) is 0 Å². The van der Waals surface area contributed by atoms with Crippen molar-refractivity contribution in [2.75, 3.05) is 6.61 Å². The molecule has 1 aromatic rings. The first-order valence-corrected chi connectivity index (χ1v) is 6.61. The number of rotatable bonds is 5. The van der Waals surface area contributed by atoms with Gasteiger partial charge in [-0.1, -0.05) is 13.8 Å². The minimum absolute atomic E-state index is 0.0270. The minimum Gasteiger partial charge on any atom is -0.394 e. The maximum atomic E-state index is 12.0. The fourth-order valence-corrected chi connectivity index (χ4v) is 2.56. The van der Waals surface area contributed by atoms with Crippen molar-refractivity contribution in [3.05, 3.63) is 15.6 Å². The van der Waals surface area contributed by atoms with Gasteiger partial charge in [0, 0.05) is 0 Å². The zero-order valence-corrected chi connectivity index (χ0v) is 11.6. The number of hydrogen-bond donors (Lipinski definition) is 2. The van der Waals surface area contributed by atoms with Crippen LogP contribution in [0, 0.1) is 19.8 Å². The van der Waals surface area contributed by atoms with Gasteiger partial charge >= 0.3 is 0 Å². The van der Waals surface area contributed by atoms with Crippen LogP contribution in [0.3, 0.4) is 0 Å². The Balaban J connectivity index is 2.67. The van der Waals surface area contributed by atoms with Crippen molar-refractivity contribution in [3.8, 4) is 0 Å². The van der Waals surface area contributed by atoms with E-state index >= 15 is 0 Å². The summed E-state index contributed by atoms with van der Waals surface area (Å²) in [5, 5.41) is 13.0. The van der Waals surface area contributed by atoms with Crippen molar-refractivity contribution in [1.29, 1.82) is 0 Å². The van der Waals surface area contributed by atoms with Gasteiger partial charge in [0.05, 0.1) is 23.4 Å². The number of aromatic nitrogens is 1. The second-order valence-electron chi connectivity index (χ2n) is 4.63. The van der Waals surface area contributed by atoms with Crippen molar-refractivity contribution in [2.24, 2.45) is 5.92 Å². The summed E-state index contributed by atoms with van der Waals surface area (Å²) in [5.74, 6) is 0.310. The number of nitrogens with zero attached hydrogens (tertiary/aromatic N) is 1. The lowest BCUT2D eigenvalue weighted by molar-refractivity contribution is 0.0911. The van der Waals surface area contributed by atoms with Crippen molar-refractivity contribution in [3.63, 3.8) is 0 Å². The molecule has 0 fully saturated rings. The maximum absolute atomic E-state index is 12.0. The first-order valence-electron chi connectivity index (χ1n) is 5.79. The average molecular weight is 256 g/mol. The molecular formula is C12H20N2O2S. The van der Waals surface area contributed by atoms with Crippen LogP contribution in [-0.4, -0.2) is 28.6 Å². The Kier molecular flexibility index (Phi) is 5.08. The van der Waals surface area contributed by atoms with E-state index < -0.39 is 0 Å². The molecule has 0 saturated heterocycles. The van der Waals surface area contributed by atoms with E-state index in [0.29, 0.717) is 10.8 Å². The molecule has 0 spiro atoms. The molecule has 0 aliphatic rings. The van der Waals surface area contributed by atoms with Gasteiger partial charge in [0.15, 0.2) is 0 Å². The molecule has 0 aliphatic carbocycles. The molecule has 0 radical (unpaired) electrons. The summed E-state index contributed by atoms with van der Waals surface area (Å²) in [6.45, 7) is 7.81. The van der Waals surface area contributed by atoms with E-state index in [-0.39, 0.29) is 18.6 Å². The monoisotopic (exact) mass is 256 g/mol. The van der Waals surface area contributed by atoms with Gasteiger partial charge < -0.3 is 10.4 Å². The normalized spacial score (nSPS) is 12.8. The molecule has 96 valence electrons. The molecule has 1 rings (SSSR count). The van der Waals surface area contributed by atoms with Crippen LogP contribution in [-0.2, 0) is 0 Å². The van der Waals surface area contributed by atoms with E-state index in [2.05, 4.69) is 24.1 Å². The molecule has 0 aliphatic heterocycles. The number of aliphatic hydroxyl groups is 1. The molecular weight excluding hydrogens is 236 g/mol. The number of carbonyl (C=O) groups is 1. The van der Waals surface area contributed by atoms with E-state index in [4.69, 9.17) is 0 Å². The highest BCUT2D eigenvalue weighted by Crippen LogP contribution is 2.17. The molecule has 1 atom stereocenters. The van der Waals surface area contributed by atoms with Crippen LogP contribution in [0.1, 0.15) is 40.6 Å². The van der Waals surface area contributed by atoms with Crippen molar-refractivity contribution in [2.45, 2.75) is 40.2 Å². The molecule has 1 aromatic heterocycles. The third-order valence-electron chi connectivity index (χ3n) is 2.42. The van der Waals surface area contributed by atoms with Crippen LogP contribution < -0.4 is 5.32 Å². The Morgan fingerprint density at radius 2 is 2.12 bits per heavy atom. The van der Waals surface area contributed by atoms with Gasteiger partial charge in [0.25, 0.3) is 5.91 Å². The largest absolute Gasteiger partial charge is 0.394 e. The SMILES string of the molecule is Cc1nc(C)c(C(=O)NC(CO)CC(C)C)s1. The molecule has 0 aromatic carbocycles. The summed E-state index contributed by atoms with van der Waals surface area (Å²) in [6, 6.07) is -0.177. The molecule has 1 heterocycles. The molecule has 4 nitrogen and oxygen atoms in total. The third kappa shape index (κ3) is 4.09. The highest BCUT2D eigenvalue weighted by atomic mass is 32.1. The summed E-state index contributed by atoms with van der Waals surface area (Å²) in [6.07, 6.45) is 0.777. The molecule has 2 N–H and O–H groups in total. The summed E-state index contributed by atoms with van der Waals surface area (Å²) in [4.78, 5) is 16.8. The van der Waals surface area contributed by atoms with Gasteiger partial charge in [-0.15, -0.1) is 11.3 Å². The standard InChI is InChI=1S/C12H20N2O2S/c1-7(2)5-10(6-15)14-12(16)11-8(3)13-9(4)17-11/h7,10,15H,5-6H2,1-4H3,(H,14,16). The van der Waals surface area contributed by atoms with Gasteiger partial charge in [-0.3, -0.25) is 4.79 Å². The Labute approximate surface area is 106 Å². The molecule has 5 heteroatoms. The summed E-state index contributed by atoms with van der Waals surface area (Å²) in [7, 11) is 0. The van der Waals surface area contributed by atoms with Gasteiger partial charge in [0.2, 0.25) is 0 Å². The fourth-order valence-electron chi connectivity index (χ4n) is 1.74. The predicted octanol–water partition coefficient (Wildman–Crippen LogP) is 1.90. The van der Waals surface area contributed by atoms with Crippen LogP contribution in [0.25, 0.3) is 0 Å². The number of carbonyl (C=O) groups excluding carboxylic acids is 1. The van der Waals surface area contributed by atoms with Crippen LogP contribution in [0.5, 0.6) is 0 Å². The highest BCUT2D eigenvalue weighted by Gasteiger charge is 2.18. The zero-order valence-electron chi connectivity index (χ0n) is 10.8. The van der Waals surface area contributed by atoms with Gasteiger partial charge in [0.1, 0.15) is 4.88 Å². The predicted molar refractivity (Wildman–Crippen MR) is 69.4 cm³/mol. The quantitative estimate of drug-likeness (QED) is 0.845. The average Bonchev–Trinajstić information content (AvgIpc) is 2.56. The van der Waals surface area contributed by atoms with E-state index in [9.17, 15) is 9.90 Å². The molecule has 17 heavy (non-hydrogen) atoms. The summed E-state index contributed by atoms with van der Waals surface area (Å²) < 4.78 is 0. The Hall–Kier alpha value is -0.940. The first kappa shape index (κ1) is 14.1.